The summed E-state index contributed by atoms with van der Waals surface area (Å²) >= 11 is 0. The van der Waals surface area contributed by atoms with E-state index in [0.717, 1.165) is 34.7 Å². The van der Waals surface area contributed by atoms with Gasteiger partial charge in [-0.3, -0.25) is 4.79 Å². The van der Waals surface area contributed by atoms with Gasteiger partial charge in [-0.05, 0) is 53.4 Å². The van der Waals surface area contributed by atoms with Gasteiger partial charge < -0.3 is 24.3 Å². The van der Waals surface area contributed by atoms with Crippen LogP contribution in [0.4, 0.5) is 0 Å². The number of fused-ring (bicyclic) bond motifs is 1. The summed E-state index contributed by atoms with van der Waals surface area (Å²) in [5.41, 5.74) is 1.77. The summed E-state index contributed by atoms with van der Waals surface area (Å²) in [5, 5.41) is 4.98. The molecule has 6 nitrogen and oxygen atoms in total. The Morgan fingerprint density at radius 1 is 0.933 bits per heavy atom. The maximum atomic E-state index is 12.1. The largest absolute Gasteiger partial charge is 0.493 e. The molecule has 0 atom stereocenters. The van der Waals surface area contributed by atoms with Gasteiger partial charge in [0.15, 0.2) is 18.1 Å². The SMILES string of the molecule is COc1ccc(-c2cc(OCC(=O)NC3CC3)cc3ccccc23)c(OC)c1OC. The second-order valence-electron chi connectivity index (χ2n) is 7.20. The van der Waals surface area contributed by atoms with Crippen LogP contribution in [0, 0.1) is 0 Å². The first kappa shape index (κ1) is 19.9. The van der Waals surface area contributed by atoms with E-state index < -0.39 is 0 Å². The summed E-state index contributed by atoms with van der Waals surface area (Å²) in [6.07, 6.45) is 2.09. The molecular weight excluding hydrogens is 382 g/mol. The molecule has 1 aliphatic rings. The van der Waals surface area contributed by atoms with E-state index in [-0.39, 0.29) is 12.5 Å². The summed E-state index contributed by atoms with van der Waals surface area (Å²) in [6, 6.07) is 16.0. The third-order valence-corrected chi connectivity index (χ3v) is 5.14. The quantitative estimate of drug-likeness (QED) is 0.607. The van der Waals surface area contributed by atoms with E-state index in [1.165, 1.54) is 0 Å². The molecule has 3 aromatic carbocycles. The van der Waals surface area contributed by atoms with Gasteiger partial charge in [0.25, 0.3) is 5.91 Å². The highest BCUT2D eigenvalue weighted by molar-refractivity contribution is 6.00. The lowest BCUT2D eigenvalue weighted by Crippen LogP contribution is -2.30. The molecule has 0 unspecified atom stereocenters. The van der Waals surface area contributed by atoms with Crippen molar-refractivity contribution in [3.05, 3.63) is 48.5 Å². The Morgan fingerprint density at radius 3 is 2.40 bits per heavy atom. The fourth-order valence-corrected chi connectivity index (χ4v) is 3.55. The first-order valence-electron chi connectivity index (χ1n) is 9.89. The third kappa shape index (κ3) is 3.99. The van der Waals surface area contributed by atoms with Gasteiger partial charge in [-0.1, -0.05) is 24.3 Å². The molecule has 1 amide bonds. The van der Waals surface area contributed by atoms with E-state index in [4.69, 9.17) is 18.9 Å². The number of benzene rings is 3. The zero-order valence-corrected chi connectivity index (χ0v) is 17.4. The van der Waals surface area contributed by atoms with E-state index in [1.54, 1.807) is 21.3 Å². The molecule has 0 heterocycles. The lowest BCUT2D eigenvalue weighted by Gasteiger charge is -2.18. The van der Waals surface area contributed by atoms with Crippen molar-refractivity contribution >= 4 is 16.7 Å². The molecular formula is C24H25NO5. The Morgan fingerprint density at radius 2 is 1.70 bits per heavy atom. The van der Waals surface area contributed by atoms with E-state index in [9.17, 15) is 4.79 Å². The summed E-state index contributed by atoms with van der Waals surface area (Å²) < 4.78 is 22.5. The van der Waals surface area contributed by atoms with Crippen molar-refractivity contribution in [2.24, 2.45) is 0 Å². The zero-order chi connectivity index (χ0) is 21.1. The summed E-state index contributed by atoms with van der Waals surface area (Å²) in [6.45, 7) is -0.0165. The molecule has 1 aliphatic carbocycles. The van der Waals surface area contributed by atoms with Crippen molar-refractivity contribution < 1.29 is 23.7 Å². The molecule has 30 heavy (non-hydrogen) atoms. The fraction of sp³-hybridized carbons (Fsp3) is 0.292. The van der Waals surface area contributed by atoms with Gasteiger partial charge >= 0.3 is 0 Å². The number of carbonyl (C=O) groups is 1. The molecule has 3 aromatic rings. The maximum absolute atomic E-state index is 12.1. The van der Waals surface area contributed by atoms with Gasteiger partial charge in [0.2, 0.25) is 5.75 Å². The van der Waals surface area contributed by atoms with Gasteiger partial charge in [-0.15, -0.1) is 0 Å². The fourth-order valence-electron chi connectivity index (χ4n) is 3.55. The highest BCUT2D eigenvalue weighted by atomic mass is 16.5. The second kappa shape index (κ2) is 8.53. The molecule has 0 spiro atoms. The van der Waals surface area contributed by atoms with E-state index in [0.29, 0.717) is 29.0 Å². The first-order chi connectivity index (χ1) is 14.6. The topological polar surface area (TPSA) is 66.0 Å². The van der Waals surface area contributed by atoms with E-state index >= 15 is 0 Å². The maximum Gasteiger partial charge on any atom is 0.258 e. The highest BCUT2D eigenvalue weighted by Crippen LogP contribution is 2.46. The lowest BCUT2D eigenvalue weighted by atomic mass is 9.96. The Balaban J connectivity index is 1.77. The van der Waals surface area contributed by atoms with Gasteiger partial charge in [0, 0.05) is 11.6 Å². The molecule has 1 fully saturated rings. The van der Waals surface area contributed by atoms with Crippen LogP contribution in [0.3, 0.4) is 0 Å². The first-order valence-corrected chi connectivity index (χ1v) is 9.89. The molecule has 0 radical (unpaired) electrons. The highest BCUT2D eigenvalue weighted by Gasteiger charge is 2.23. The molecule has 4 rings (SSSR count). The van der Waals surface area contributed by atoms with E-state index in [2.05, 4.69) is 5.32 Å². The average molecular weight is 407 g/mol. The Labute approximate surface area is 175 Å². The number of hydrogen-bond acceptors (Lipinski definition) is 5. The predicted octanol–water partition coefficient (Wildman–Crippen LogP) is 4.19. The Bertz CT molecular complexity index is 1070. The number of nitrogens with one attached hydrogen (secondary N) is 1. The predicted molar refractivity (Wildman–Crippen MR) is 116 cm³/mol. The van der Waals surface area contributed by atoms with Crippen molar-refractivity contribution in [3.8, 4) is 34.1 Å². The van der Waals surface area contributed by atoms with Crippen molar-refractivity contribution in [1.29, 1.82) is 0 Å². The summed E-state index contributed by atoms with van der Waals surface area (Å²) in [5.74, 6) is 2.20. The normalized spacial score (nSPS) is 13.0. The number of carbonyl (C=O) groups excluding carboxylic acids is 1. The molecule has 0 aliphatic heterocycles. The summed E-state index contributed by atoms with van der Waals surface area (Å²) in [4.78, 5) is 12.1. The molecule has 0 saturated heterocycles. The van der Waals surface area contributed by atoms with Crippen LogP contribution in [0.5, 0.6) is 23.0 Å². The van der Waals surface area contributed by atoms with Crippen LogP contribution in [0.15, 0.2) is 48.5 Å². The smallest absolute Gasteiger partial charge is 0.258 e. The molecule has 1 N–H and O–H groups in total. The van der Waals surface area contributed by atoms with Gasteiger partial charge in [-0.2, -0.15) is 0 Å². The zero-order valence-electron chi connectivity index (χ0n) is 17.4. The van der Waals surface area contributed by atoms with Gasteiger partial charge in [0.05, 0.1) is 21.3 Å². The lowest BCUT2D eigenvalue weighted by molar-refractivity contribution is -0.123. The van der Waals surface area contributed by atoms with Crippen LogP contribution < -0.4 is 24.3 Å². The molecule has 6 heteroatoms. The minimum atomic E-state index is -0.101. The van der Waals surface area contributed by atoms with Crippen molar-refractivity contribution in [2.75, 3.05) is 27.9 Å². The van der Waals surface area contributed by atoms with Crippen LogP contribution in [0.25, 0.3) is 21.9 Å². The minimum Gasteiger partial charge on any atom is -0.493 e. The monoisotopic (exact) mass is 407 g/mol. The summed E-state index contributed by atoms with van der Waals surface area (Å²) in [7, 11) is 4.78. The van der Waals surface area contributed by atoms with Crippen molar-refractivity contribution in [3.63, 3.8) is 0 Å². The minimum absolute atomic E-state index is 0.0165. The van der Waals surface area contributed by atoms with Crippen LogP contribution in [0.1, 0.15) is 12.8 Å². The Kier molecular flexibility index (Phi) is 5.65. The van der Waals surface area contributed by atoms with Crippen LogP contribution in [0.2, 0.25) is 0 Å². The van der Waals surface area contributed by atoms with Gasteiger partial charge in [-0.25, -0.2) is 0 Å². The number of rotatable bonds is 8. The van der Waals surface area contributed by atoms with Crippen LogP contribution in [-0.2, 0) is 4.79 Å². The average Bonchev–Trinajstić information content (AvgIpc) is 3.59. The number of amides is 1. The number of methoxy groups -OCH3 is 3. The van der Waals surface area contributed by atoms with Crippen molar-refractivity contribution in [2.45, 2.75) is 18.9 Å². The van der Waals surface area contributed by atoms with E-state index in [1.807, 2.05) is 48.5 Å². The van der Waals surface area contributed by atoms with Crippen molar-refractivity contribution in [1.82, 2.24) is 5.32 Å². The number of ether oxygens (including phenoxy) is 4. The second-order valence-corrected chi connectivity index (χ2v) is 7.20. The van der Waals surface area contributed by atoms with Crippen LogP contribution in [-0.4, -0.2) is 39.9 Å². The van der Waals surface area contributed by atoms with Crippen LogP contribution >= 0.6 is 0 Å². The molecule has 0 aromatic heterocycles. The Hall–Kier alpha value is -3.41. The van der Waals surface area contributed by atoms with Gasteiger partial charge in [0.1, 0.15) is 5.75 Å². The number of hydrogen-bond donors (Lipinski definition) is 1. The molecule has 0 bridgehead atoms. The standard InChI is InChI=1S/C24H25NO5/c1-27-21-11-10-19(23(28-2)24(21)29-3)20-13-17(12-15-6-4-5-7-18(15)20)30-14-22(26)25-16-8-9-16/h4-7,10-13,16H,8-9,14H2,1-3H3,(H,25,26). The molecule has 156 valence electrons. The third-order valence-electron chi connectivity index (χ3n) is 5.14. The molecule has 1 saturated carbocycles.